The van der Waals surface area contributed by atoms with Gasteiger partial charge in [-0.3, -0.25) is 0 Å². The summed E-state index contributed by atoms with van der Waals surface area (Å²) >= 11 is 4.46. The van der Waals surface area contributed by atoms with Gasteiger partial charge in [-0.15, -0.1) is 0 Å². The summed E-state index contributed by atoms with van der Waals surface area (Å²) in [5.41, 5.74) is 0. The summed E-state index contributed by atoms with van der Waals surface area (Å²) < 4.78 is 38.8. The lowest BCUT2D eigenvalue weighted by molar-refractivity contribution is -0.340. The molecule has 48 valence electrons. The van der Waals surface area contributed by atoms with Crippen molar-refractivity contribution >= 4 is 11.6 Å². The van der Waals surface area contributed by atoms with Crippen molar-refractivity contribution in [2.45, 2.75) is 11.2 Å². The molecule has 0 saturated carbocycles. The van der Waals surface area contributed by atoms with E-state index < -0.39 is 17.8 Å². The van der Waals surface area contributed by atoms with Crippen molar-refractivity contribution in [3.8, 4) is 0 Å². The van der Waals surface area contributed by atoms with Gasteiger partial charge in [0.15, 0.2) is 0 Å². The van der Waals surface area contributed by atoms with Gasteiger partial charge in [0.1, 0.15) is 6.61 Å². The number of hydrogen-bond acceptors (Lipinski definition) is 1. The van der Waals surface area contributed by atoms with Gasteiger partial charge in [0.25, 0.3) is 0 Å². The third-order valence-corrected chi connectivity index (χ3v) is 1.25. The first-order chi connectivity index (χ1) is 3.46. The van der Waals surface area contributed by atoms with Crippen molar-refractivity contribution in [1.29, 1.82) is 0 Å². The fraction of sp³-hybridized carbons (Fsp3) is 1.00. The van der Waals surface area contributed by atoms with Crippen LogP contribution in [0.5, 0.6) is 0 Å². The van der Waals surface area contributed by atoms with Crippen molar-refractivity contribution in [2.75, 3.05) is 6.61 Å². The highest BCUT2D eigenvalue weighted by Gasteiger charge is 2.65. The van der Waals surface area contributed by atoms with Gasteiger partial charge in [0.2, 0.25) is 0 Å². The van der Waals surface area contributed by atoms with Crippen molar-refractivity contribution in [1.82, 2.24) is 0 Å². The van der Waals surface area contributed by atoms with Gasteiger partial charge in [-0.2, -0.15) is 13.2 Å². The van der Waals surface area contributed by atoms with Gasteiger partial charge in [-0.1, -0.05) is 0 Å². The van der Waals surface area contributed by atoms with Gasteiger partial charge in [-0.25, -0.2) is 0 Å². The summed E-state index contributed by atoms with van der Waals surface area (Å²) in [5, 5.41) is -3.24. The van der Waals surface area contributed by atoms with Crippen molar-refractivity contribution in [2.24, 2.45) is 0 Å². The minimum absolute atomic E-state index is 0.924. The second-order valence-electron chi connectivity index (χ2n) is 1.51. The van der Waals surface area contributed by atoms with Crippen molar-refractivity contribution < 1.29 is 17.9 Å². The molecule has 0 aromatic carbocycles. The van der Waals surface area contributed by atoms with Crippen LogP contribution in [-0.4, -0.2) is 17.8 Å². The molecule has 0 aromatic rings. The summed E-state index contributed by atoms with van der Waals surface area (Å²) in [6.45, 7) is -0.924. The maximum atomic E-state index is 11.8. The Morgan fingerprint density at radius 2 is 1.75 bits per heavy atom. The molecule has 0 amide bonds. The smallest absolute Gasteiger partial charge is 0.322 e. The van der Waals surface area contributed by atoms with Crippen LogP contribution in [0.4, 0.5) is 13.2 Å². The van der Waals surface area contributed by atoms with Crippen LogP contribution in [0, 0.1) is 0 Å². The maximum absolute atomic E-state index is 11.8. The molecule has 1 nitrogen and oxygen atoms in total. The van der Waals surface area contributed by atoms with Gasteiger partial charge >= 0.3 is 11.2 Å². The zero-order valence-electron chi connectivity index (χ0n) is 3.63. The lowest BCUT2D eigenvalue weighted by Gasteiger charge is -2.36. The molecule has 1 saturated heterocycles. The number of rotatable bonds is 0. The molecule has 0 aliphatic carbocycles. The summed E-state index contributed by atoms with van der Waals surface area (Å²) in [7, 11) is 0. The predicted octanol–water partition coefficient (Wildman–Crippen LogP) is 1.51. The lowest BCUT2D eigenvalue weighted by atomic mass is 10.3. The van der Waals surface area contributed by atoms with Crippen LogP contribution in [0.2, 0.25) is 0 Å². The molecule has 1 unspecified atom stereocenters. The molecule has 0 radical (unpaired) electrons. The predicted molar refractivity (Wildman–Crippen MR) is 20.6 cm³/mol. The molecular formula is C3H2ClF3O. The Morgan fingerprint density at radius 3 is 1.75 bits per heavy atom. The largest absolute Gasteiger partial charge is 0.353 e. The van der Waals surface area contributed by atoms with E-state index in [1.165, 1.54) is 0 Å². The Balaban J connectivity index is 2.63. The molecule has 1 aliphatic rings. The Kier molecular flexibility index (Phi) is 1.00. The third kappa shape index (κ3) is 0.596. The Bertz CT molecular complexity index is 99.1. The highest BCUT2D eigenvalue weighted by Crippen LogP contribution is 2.45. The quantitative estimate of drug-likeness (QED) is 0.471. The monoisotopic (exact) mass is 146 g/mol. The summed E-state index contributed by atoms with van der Waals surface area (Å²) in [4.78, 5) is 0. The van der Waals surface area contributed by atoms with Crippen molar-refractivity contribution in [3.63, 3.8) is 0 Å². The van der Waals surface area contributed by atoms with Crippen LogP contribution in [0.1, 0.15) is 0 Å². The summed E-state index contributed by atoms with van der Waals surface area (Å²) in [6.07, 6.45) is 0. The molecule has 1 fully saturated rings. The first-order valence-corrected chi connectivity index (χ1v) is 2.23. The summed E-state index contributed by atoms with van der Waals surface area (Å²) in [6, 6.07) is 0. The molecule has 0 aromatic heterocycles. The second-order valence-corrected chi connectivity index (χ2v) is 2.00. The number of hydrogen-bond donors (Lipinski definition) is 0. The second kappa shape index (κ2) is 1.30. The Morgan fingerprint density at radius 1 is 1.38 bits per heavy atom. The van der Waals surface area contributed by atoms with Crippen LogP contribution in [-0.2, 0) is 4.74 Å². The SMILES string of the molecule is FC1(F)COC1(F)Cl. The molecular weight excluding hydrogens is 144 g/mol. The molecule has 0 bridgehead atoms. The maximum Gasteiger partial charge on any atom is 0.353 e. The normalized spacial score (nSPS) is 43.5. The molecule has 0 spiro atoms. The fourth-order valence-electron chi connectivity index (χ4n) is 0.290. The first kappa shape index (κ1) is 6.16. The van der Waals surface area contributed by atoms with Crippen LogP contribution >= 0.6 is 11.6 Å². The van der Waals surface area contributed by atoms with E-state index in [2.05, 4.69) is 16.3 Å². The van der Waals surface area contributed by atoms with E-state index in [1.54, 1.807) is 0 Å². The van der Waals surface area contributed by atoms with E-state index in [1.807, 2.05) is 0 Å². The lowest BCUT2D eigenvalue weighted by Crippen LogP contribution is -2.56. The van der Waals surface area contributed by atoms with Crippen LogP contribution in [0.3, 0.4) is 0 Å². The Labute approximate surface area is 48.4 Å². The molecule has 1 rings (SSSR count). The molecule has 1 heterocycles. The van der Waals surface area contributed by atoms with E-state index in [4.69, 9.17) is 0 Å². The third-order valence-electron chi connectivity index (χ3n) is 0.861. The van der Waals surface area contributed by atoms with E-state index in [0.717, 1.165) is 0 Å². The van der Waals surface area contributed by atoms with E-state index in [9.17, 15) is 13.2 Å². The molecule has 5 heteroatoms. The minimum Gasteiger partial charge on any atom is -0.322 e. The van der Waals surface area contributed by atoms with Crippen LogP contribution < -0.4 is 0 Å². The van der Waals surface area contributed by atoms with Crippen LogP contribution in [0.25, 0.3) is 0 Å². The van der Waals surface area contributed by atoms with Gasteiger partial charge in [0.05, 0.1) is 0 Å². The standard InChI is InChI=1S/C3H2ClF3O/c4-3(7)2(5,6)1-8-3/h1H2. The minimum atomic E-state index is -3.51. The number of halogens is 4. The van der Waals surface area contributed by atoms with E-state index in [-0.39, 0.29) is 0 Å². The molecule has 0 N–H and O–H groups in total. The first-order valence-electron chi connectivity index (χ1n) is 1.85. The van der Waals surface area contributed by atoms with Gasteiger partial charge in [0, 0.05) is 0 Å². The summed E-state index contributed by atoms with van der Waals surface area (Å²) in [5.74, 6) is -3.51. The molecule has 1 aliphatic heterocycles. The zero-order valence-corrected chi connectivity index (χ0v) is 4.38. The zero-order chi connectivity index (χ0) is 6.41. The van der Waals surface area contributed by atoms with E-state index in [0.29, 0.717) is 0 Å². The molecule has 1 atom stereocenters. The highest BCUT2D eigenvalue weighted by atomic mass is 35.5. The highest BCUT2D eigenvalue weighted by molar-refractivity contribution is 6.23. The molecule has 8 heavy (non-hydrogen) atoms. The average Bonchev–Trinajstić information content (AvgIpc) is 1.64. The Hall–Kier alpha value is 0.0400. The average molecular weight is 146 g/mol. The number of alkyl halides is 4. The van der Waals surface area contributed by atoms with Gasteiger partial charge in [-0.05, 0) is 11.6 Å². The van der Waals surface area contributed by atoms with Crippen molar-refractivity contribution in [3.05, 3.63) is 0 Å². The van der Waals surface area contributed by atoms with Gasteiger partial charge < -0.3 is 4.74 Å². The van der Waals surface area contributed by atoms with E-state index >= 15 is 0 Å². The topological polar surface area (TPSA) is 9.23 Å². The fourth-order valence-corrected chi connectivity index (χ4v) is 0.399. The van der Waals surface area contributed by atoms with Crippen LogP contribution in [0.15, 0.2) is 0 Å². The number of ether oxygens (including phenoxy) is 1.